The van der Waals surface area contributed by atoms with Gasteiger partial charge in [0.1, 0.15) is 23.9 Å². The van der Waals surface area contributed by atoms with Crippen LogP contribution in [0.4, 0.5) is 4.39 Å². The van der Waals surface area contributed by atoms with Crippen molar-refractivity contribution in [2.24, 2.45) is 9.98 Å². The first-order valence-corrected chi connectivity index (χ1v) is 10.7. The van der Waals surface area contributed by atoms with E-state index in [2.05, 4.69) is 30.6 Å². The summed E-state index contributed by atoms with van der Waals surface area (Å²) < 4.78 is 19.3. The zero-order chi connectivity index (χ0) is 22.4. The summed E-state index contributed by atoms with van der Waals surface area (Å²) >= 11 is 6.09. The molecule has 0 aliphatic heterocycles. The second-order valence-corrected chi connectivity index (χ2v) is 8.03. The Kier molecular flexibility index (Phi) is 7.97. The van der Waals surface area contributed by atoms with Gasteiger partial charge in [0.25, 0.3) is 0 Å². The summed E-state index contributed by atoms with van der Waals surface area (Å²) in [5.41, 5.74) is 1.39. The number of hydrogen-bond donors (Lipinski definition) is 3. The number of carbonyl (C=O) groups is 1. The van der Waals surface area contributed by atoms with Crippen LogP contribution in [0.5, 0.6) is 0 Å². The maximum Gasteiger partial charge on any atom is 0.246 e. The highest BCUT2D eigenvalue weighted by Crippen LogP contribution is 2.23. The lowest BCUT2D eigenvalue weighted by molar-refractivity contribution is -0.125. The zero-order valence-electron chi connectivity index (χ0n) is 17.9. The smallest absolute Gasteiger partial charge is 0.246 e. The van der Waals surface area contributed by atoms with E-state index in [9.17, 15) is 9.18 Å². The Balaban J connectivity index is 1.77. The number of nitrogens with one attached hydrogen (secondary N) is 3. The molecule has 1 saturated carbocycles. The third-order valence-corrected chi connectivity index (χ3v) is 5.42. The van der Waals surface area contributed by atoms with Gasteiger partial charge in [0, 0.05) is 43.5 Å². The van der Waals surface area contributed by atoms with E-state index in [1.54, 1.807) is 25.5 Å². The molecular weight excluding hydrogens is 423 g/mol. The van der Waals surface area contributed by atoms with E-state index >= 15 is 0 Å². The average Bonchev–Trinajstić information content (AvgIpc) is 3.14. The number of carbonyl (C=O) groups excluding carboxylic acids is 1. The van der Waals surface area contributed by atoms with Crippen LogP contribution in [0.1, 0.15) is 38.2 Å². The van der Waals surface area contributed by atoms with Crippen LogP contribution in [-0.2, 0) is 9.53 Å². The molecule has 0 saturated heterocycles. The molecule has 31 heavy (non-hydrogen) atoms. The Hall–Kier alpha value is -2.52. The lowest BCUT2D eigenvalue weighted by Crippen LogP contribution is -2.42. The molecule has 168 valence electrons. The maximum absolute atomic E-state index is 14.5. The molecule has 1 aliphatic carbocycles. The largest absolute Gasteiger partial charge is 0.375 e. The zero-order valence-corrected chi connectivity index (χ0v) is 18.7. The number of pyridine rings is 1. The van der Waals surface area contributed by atoms with Gasteiger partial charge >= 0.3 is 0 Å². The fourth-order valence-electron chi connectivity index (χ4n) is 3.78. The summed E-state index contributed by atoms with van der Waals surface area (Å²) in [5.74, 6) is 0.527. The number of nitrogens with zero attached hydrogens (tertiary/aromatic N) is 3. The number of aromatic nitrogens is 2. The van der Waals surface area contributed by atoms with Crippen LogP contribution in [0.3, 0.4) is 0 Å². The van der Waals surface area contributed by atoms with Gasteiger partial charge in [-0.1, -0.05) is 11.6 Å². The van der Waals surface area contributed by atoms with Gasteiger partial charge in [-0.15, -0.1) is 0 Å². The van der Waals surface area contributed by atoms with Crippen molar-refractivity contribution in [2.75, 3.05) is 20.8 Å². The first-order chi connectivity index (χ1) is 14.9. The van der Waals surface area contributed by atoms with Gasteiger partial charge in [-0.05, 0) is 38.7 Å². The van der Waals surface area contributed by atoms with Crippen LogP contribution in [0.15, 0.2) is 28.4 Å². The predicted octanol–water partition coefficient (Wildman–Crippen LogP) is 3.01. The van der Waals surface area contributed by atoms with Crippen LogP contribution >= 0.6 is 11.6 Å². The number of fused-ring (bicyclic) bond motifs is 1. The molecule has 3 rings (SSSR count). The molecular formula is C21H28ClFN6O2. The fourth-order valence-corrected chi connectivity index (χ4v) is 3.94. The van der Waals surface area contributed by atoms with E-state index in [4.69, 9.17) is 16.3 Å². The molecule has 0 spiro atoms. The Morgan fingerprint density at radius 1 is 1.48 bits per heavy atom. The maximum atomic E-state index is 14.5. The van der Waals surface area contributed by atoms with E-state index in [0.717, 1.165) is 30.2 Å². The predicted molar refractivity (Wildman–Crippen MR) is 121 cm³/mol. The van der Waals surface area contributed by atoms with Crippen LogP contribution in [0.25, 0.3) is 11.0 Å². The van der Waals surface area contributed by atoms with E-state index < -0.39 is 6.17 Å². The number of aromatic amines is 1. The van der Waals surface area contributed by atoms with Crippen molar-refractivity contribution in [3.8, 4) is 0 Å². The van der Waals surface area contributed by atoms with Gasteiger partial charge in [0.15, 0.2) is 6.17 Å². The number of hydrogen-bond acceptors (Lipinski definition) is 5. The molecule has 3 atom stereocenters. The molecule has 1 fully saturated rings. The third kappa shape index (κ3) is 6.01. The Morgan fingerprint density at radius 2 is 2.29 bits per heavy atom. The van der Waals surface area contributed by atoms with Crippen molar-refractivity contribution in [1.29, 1.82) is 0 Å². The highest BCUT2D eigenvalue weighted by molar-refractivity contribution is 6.31. The molecule has 3 N–H and O–H groups in total. The quantitative estimate of drug-likeness (QED) is 0.464. The van der Waals surface area contributed by atoms with Crippen LogP contribution in [0.2, 0.25) is 5.02 Å². The van der Waals surface area contributed by atoms with Crippen LogP contribution in [0, 0.1) is 0 Å². The number of amidine groups is 2. The van der Waals surface area contributed by atoms with Crippen molar-refractivity contribution in [3.63, 3.8) is 0 Å². The number of aliphatic imine (C=N–C) groups is 2. The second kappa shape index (κ2) is 10.7. The lowest BCUT2D eigenvalue weighted by Gasteiger charge is -2.28. The minimum atomic E-state index is -1.31. The Labute approximate surface area is 185 Å². The fraction of sp³-hybridized carbons (Fsp3) is 0.524. The van der Waals surface area contributed by atoms with E-state index in [1.165, 1.54) is 14.0 Å². The van der Waals surface area contributed by atoms with Gasteiger partial charge in [-0.3, -0.25) is 14.8 Å². The molecule has 1 aliphatic rings. The molecule has 2 aromatic rings. The molecule has 8 nitrogen and oxygen atoms in total. The first-order valence-electron chi connectivity index (χ1n) is 10.3. The summed E-state index contributed by atoms with van der Waals surface area (Å²) in [6, 6.07) is 1.69. The van der Waals surface area contributed by atoms with Crippen LogP contribution < -0.4 is 10.6 Å². The van der Waals surface area contributed by atoms with Gasteiger partial charge in [-0.2, -0.15) is 0 Å². The van der Waals surface area contributed by atoms with E-state index in [1.807, 2.05) is 0 Å². The van der Waals surface area contributed by atoms with E-state index in [-0.39, 0.29) is 30.4 Å². The average molecular weight is 451 g/mol. The molecule has 1 amide bonds. The number of amides is 1. The monoisotopic (exact) mass is 450 g/mol. The number of methoxy groups -OCH3 is 1. The van der Waals surface area contributed by atoms with Crippen molar-refractivity contribution >= 4 is 40.2 Å². The molecule has 2 aromatic heterocycles. The van der Waals surface area contributed by atoms with Gasteiger partial charge < -0.3 is 20.4 Å². The Morgan fingerprint density at radius 3 is 3.00 bits per heavy atom. The van der Waals surface area contributed by atoms with E-state index in [0.29, 0.717) is 22.9 Å². The molecule has 1 unspecified atom stereocenters. The molecule has 10 heteroatoms. The highest BCUT2D eigenvalue weighted by Gasteiger charge is 2.25. The van der Waals surface area contributed by atoms with Crippen LogP contribution in [-0.4, -0.2) is 66.6 Å². The van der Waals surface area contributed by atoms with Gasteiger partial charge in [-0.25, -0.2) is 9.37 Å². The van der Waals surface area contributed by atoms with Gasteiger partial charge in [0.05, 0.1) is 11.1 Å². The van der Waals surface area contributed by atoms with Crippen molar-refractivity contribution in [2.45, 2.75) is 50.9 Å². The molecule has 0 aromatic carbocycles. The number of alkyl halides is 1. The minimum Gasteiger partial charge on any atom is -0.375 e. The van der Waals surface area contributed by atoms with Gasteiger partial charge in [0.2, 0.25) is 5.91 Å². The summed E-state index contributed by atoms with van der Waals surface area (Å²) in [6.45, 7) is 1.46. The summed E-state index contributed by atoms with van der Waals surface area (Å²) in [6.07, 6.45) is 5.26. The number of rotatable bonds is 6. The molecule has 0 radical (unpaired) electrons. The first kappa shape index (κ1) is 23.1. The summed E-state index contributed by atoms with van der Waals surface area (Å²) in [5, 5.41) is 7.31. The van der Waals surface area contributed by atoms with Crippen molar-refractivity contribution < 1.29 is 13.9 Å². The highest BCUT2D eigenvalue weighted by atomic mass is 35.5. The number of H-pyrrole nitrogens is 1. The number of ether oxygens (including phenoxy) is 1. The second-order valence-electron chi connectivity index (χ2n) is 7.60. The summed E-state index contributed by atoms with van der Waals surface area (Å²) in [4.78, 5) is 28.1. The number of halogens is 2. The Bertz CT molecular complexity index is 974. The molecule has 0 bridgehead atoms. The van der Waals surface area contributed by atoms with Crippen molar-refractivity contribution in [3.05, 3.63) is 29.0 Å². The lowest BCUT2D eigenvalue weighted by atomic mass is 9.91. The molecule has 2 heterocycles. The topological polar surface area (TPSA) is 104 Å². The third-order valence-electron chi connectivity index (χ3n) is 5.21. The summed E-state index contributed by atoms with van der Waals surface area (Å²) in [7, 11) is 3.11. The SMILES string of the molecule is CN=C(NC(=N[C@H]1CCC[C@@H](NC(=O)COC)C1)C(C)F)c1c[nH]c2ncc(Cl)cc12. The standard InChI is InChI=1S/C21H28ClFN6O2/c1-12(23)19(28-15-6-4-5-14(8-15)27-18(30)11-31-3)29-20(24-2)17-10-26-21-16(17)7-13(22)9-25-21/h7,9-10,12,14-15H,4-6,8,11H2,1-3H3,(H,25,26)(H,27,30)(H,24,28,29)/t12?,14-,15+/m1/s1. The normalized spacial score (nSPS) is 21.2. The minimum absolute atomic E-state index is 0.00228. The van der Waals surface area contributed by atoms with Crippen molar-refractivity contribution in [1.82, 2.24) is 20.6 Å².